The first-order chi connectivity index (χ1) is 10.7. The SMILES string of the molecule is O=C1CNC(=O)N1CCN1CCCC1c1noc(C2CC2)n1. The lowest BCUT2D eigenvalue weighted by molar-refractivity contribution is -0.125. The molecule has 1 aromatic rings. The predicted molar refractivity (Wildman–Crippen MR) is 74.9 cm³/mol. The Kier molecular flexibility index (Phi) is 3.33. The molecule has 1 N–H and O–H groups in total. The number of amides is 3. The van der Waals surface area contributed by atoms with Gasteiger partial charge in [-0.1, -0.05) is 5.16 Å². The Morgan fingerprint density at radius 3 is 2.82 bits per heavy atom. The van der Waals surface area contributed by atoms with Gasteiger partial charge < -0.3 is 9.84 Å². The fourth-order valence-corrected chi connectivity index (χ4v) is 3.17. The molecule has 0 radical (unpaired) electrons. The molecule has 4 rings (SSSR count). The second-order valence-electron chi connectivity index (χ2n) is 6.16. The van der Waals surface area contributed by atoms with Crippen LogP contribution in [0.4, 0.5) is 4.79 Å². The summed E-state index contributed by atoms with van der Waals surface area (Å²) in [5, 5.41) is 6.67. The van der Waals surface area contributed by atoms with Gasteiger partial charge in [-0.15, -0.1) is 0 Å². The van der Waals surface area contributed by atoms with Crippen LogP contribution in [-0.2, 0) is 4.79 Å². The largest absolute Gasteiger partial charge is 0.339 e. The minimum absolute atomic E-state index is 0.109. The monoisotopic (exact) mass is 305 g/mol. The fourth-order valence-electron chi connectivity index (χ4n) is 3.17. The van der Waals surface area contributed by atoms with Gasteiger partial charge in [-0.2, -0.15) is 4.98 Å². The Bertz CT molecular complexity index is 581. The number of nitrogens with zero attached hydrogens (tertiary/aromatic N) is 4. The summed E-state index contributed by atoms with van der Waals surface area (Å²) in [6, 6.07) is -0.159. The lowest BCUT2D eigenvalue weighted by Gasteiger charge is -2.23. The van der Waals surface area contributed by atoms with Crippen LogP contribution in [0.2, 0.25) is 0 Å². The summed E-state index contributed by atoms with van der Waals surface area (Å²) < 4.78 is 5.34. The summed E-state index contributed by atoms with van der Waals surface area (Å²) in [5.74, 6) is 1.81. The molecule has 118 valence electrons. The van der Waals surface area contributed by atoms with Crippen molar-refractivity contribution in [2.45, 2.75) is 37.6 Å². The van der Waals surface area contributed by atoms with Crippen LogP contribution in [0.5, 0.6) is 0 Å². The second kappa shape index (κ2) is 5.35. The molecule has 0 bridgehead atoms. The highest BCUT2D eigenvalue weighted by Crippen LogP contribution is 2.40. The molecular formula is C14H19N5O3. The summed E-state index contributed by atoms with van der Waals surface area (Å²) in [6.45, 7) is 2.10. The zero-order valence-electron chi connectivity index (χ0n) is 12.3. The summed E-state index contributed by atoms with van der Waals surface area (Å²) in [5.41, 5.74) is 0. The van der Waals surface area contributed by atoms with E-state index < -0.39 is 0 Å². The topological polar surface area (TPSA) is 91.6 Å². The first kappa shape index (κ1) is 13.7. The maximum atomic E-state index is 11.6. The minimum Gasteiger partial charge on any atom is -0.339 e. The first-order valence-electron chi connectivity index (χ1n) is 7.88. The van der Waals surface area contributed by atoms with Crippen molar-refractivity contribution in [1.82, 2.24) is 25.3 Å². The van der Waals surface area contributed by atoms with E-state index in [2.05, 4.69) is 20.4 Å². The van der Waals surface area contributed by atoms with Gasteiger partial charge in [-0.05, 0) is 32.2 Å². The molecule has 8 heteroatoms. The summed E-state index contributed by atoms with van der Waals surface area (Å²) in [4.78, 5) is 31.2. The van der Waals surface area contributed by atoms with E-state index in [1.807, 2.05) is 0 Å². The van der Waals surface area contributed by atoms with Crippen LogP contribution < -0.4 is 5.32 Å². The molecule has 3 heterocycles. The van der Waals surface area contributed by atoms with Crippen molar-refractivity contribution < 1.29 is 14.1 Å². The highest BCUT2D eigenvalue weighted by atomic mass is 16.5. The molecule has 1 aromatic heterocycles. The van der Waals surface area contributed by atoms with E-state index in [1.165, 1.54) is 4.90 Å². The quantitative estimate of drug-likeness (QED) is 0.803. The molecule has 3 fully saturated rings. The number of hydrogen-bond donors (Lipinski definition) is 1. The third-order valence-electron chi connectivity index (χ3n) is 4.59. The smallest absolute Gasteiger partial charge is 0.324 e. The molecule has 0 aromatic carbocycles. The lowest BCUT2D eigenvalue weighted by Crippen LogP contribution is -2.38. The first-order valence-corrected chi connectivity index (χ1v) is 7.88. The van der Waals surface area contributed by atoms with Crippen molar-refractivity contribution in [3.8, 4) is 0 Å². The standard InChI is InChI=1S/C14H19N5O3/c20-11-8-15-14(21)19(11)7-6-18-5-1-2-10(18)12-16-13(22-17-12)9-3-4-9/h9-10H,1-8H2,(H,15,21). The number of carbonyl (C=O) groups excluding carboxylic acids is 2. The van der Waals surface area contributed by atoms with Crippen molar-refractivity contribution in [3.05, 3.63) is 11.7 Å². The van der Waals surface area contributed by atoms with E-state index in [0.29, 0.717) is 19.0 Å². The number of urea groups is 1. The van der Waals surface area contributed by atoms with Crippen molar-refractivity contribution in [3.63, 3.8) is 0 Å². The number of carbonyl (C=O) groups is 2. The molecule has 3 amide bonds. The van der Waals surface area contributed by atoms with Crippen LogP contribution in [0.25, 0.3) is 0 Å². The molecular weight excluding hydrogens is 286 g/mol. The average Bonchev–Trinajstić information content (AvgIpc) is 2.94. The molecule has 2 saturated heterocycles. The van der Waals surface area contributed by atoms with Gasteiger partial charge in [0.1, 0.15) is 0 Å². The van der Waals surface area contributed by atoms with E-state index >= 15 is 0 Å². The van der Waals surface area contributed by atoms with Crippen LogP contribution in [0, 0.1) is 0 Å². The van der Waals surface area contributed by atoms with E-state index in [4.69, 9.17) is 4.52 Å². The molecule has 0 spiro atoms. The van der Waals surface area contributed by atoms with Gasteiger partial charge in [-0.3, -0.25) is 14.6 Å². The average molecular weight is 305 g/mol. The zero-order chi connectivity index (χ0) is 15.1. The van der Waals surface area contributed by atoms with Gasteiger partial charge in [0.15, 0.2) is 5.82 Å². The number of hydrogen-bond acceptors (Lipinski definition) is 6. The molecule has 1 unspecified atom stereocenters. The number of aromatic nitrogens is 2. The maximum absolute atomic E-state index is 11.6. The van der Waals surface area contributed by atoms with Gasteiger partial charge in [0, 0.05) is 19.0 Å². The molecule has 1 atom stereocenters. The Hall–Kier alpha value is -1.96. The molecule has 2 aliphatic heterocycles. The molecule has 1 aliphatic carbocycles. The Balaban J connectivity index is 1.40. The molecule has 3 aliphatic rings. The van der Waals surface area contributed by atoms with E-state index in [9.17, 15) is 9.59 Å². The van der Waals surface area contributed by atoms with Crippen LogP contribution >= 0.6 is 0 Å². The third kappa shape index (κ3) is 2.47. The van der Waals surface area contributed by atoms with Crippen LogP contribution in [0.3, 0.4) is 0 Å². The summed E-state index contributed by atoms with van der Waals surface area (Å²) in [7, 11) is 0. The van der Waals surface area contributed by atoms with Crippen molar-refractivity contribution in [2.24, 2.45) is 0 Å². The maximum Gasteiger partial charge on any atom is 0.324 e. The number of rotatable bonds is 5. The van der Waals surface area contributed by atoms with E-state index in [0.717, 1.165) is 43.9 Å². The number of imide groups is 1. The van der Waals surface area contributed by atoms with Gasteiger partial charge in [0.25, 0.3) is 0 Å². The van der Waals surface area contributed by atoms with Gasteiger partial charge >= 0.3 is 6.03 Å². The van der Waals surface area contributed by atoms with Crippen LogP contribution in [0.1, 0.15) is 49.4 Å². The summed E-state index contributed by atoms with van der Waals surface area (Å²) in [6.07, 6.45) is 4.34. The Labute approximate surface area is 127 Å². The third-order valence-corrected chi connectivity index (χ3v) is 4.59. The lowest BCUT2D eigenvalue weighted by atomic mass is 10.2. The van der Waals surface area contributed by atoms with Crippen LogP contribution in [-0.4, -0.2) is 58.1 Å². The molecule has 1 saturated carbocycles. The second-order valence-corrected chi connectivity index (χ2v) is 6.16. The highest BCUT2D eigenvalue weighted by Gasteiger charge is 2.35. The van der Waals surface area contributed by atoms with Gasteiger partial charge in [0.05, 0.1) is 12.6 Å². The van der Waals surface area contributed by atoms with Crippen molar-refractivity contribution in [2.75, 3.05) is 26.2 Å². The zero-order valence-corrected chi connectivity index (χ0v) is 12.3. The Morgan fingerprint density at radius 2 is 2.09 bits per heavy atom. The number of likely N-dealkylation sites (tertiary alicyclic amines) is 1. The van der Waals surface area contributed by atoms with E-state index in [1.54, 1.807) is 0 Å². The normalized spacial score (nSPS) is 26.0. The Morgan fingerprint density at radius 1 is 1.23 bits per heavy atom. The van der Waals surface area contributed by atoms with E-state index in [-0.39, 0.29) is 24.5 Å². The van der Waals surface area contributed by atoms with Crippen molar-refractivity contribution in [1.29, 1.82) is 0 Å². The fraction of sp³-hybridized carbons (Fsp3) is 0.714. The molecule has 22 heavy (non-hydrogen) atoms. The number of nitrogens with one attached hydrogen (secondary N) is 1. The van der Waals surface area contributed by atoms with Crippen molar-refractivity contribution >= 4 is 11.9 Å². The molecule has 8 nitrogen and oxygen atoms in total. The minimum atomic E-state index is -0.295. The predicted octanol–water partition coefficient (Wildman–Crippen LogP) is 0.636. The van der Waals surface area contributed by atoms with Gasteiger partial charge in [-0.25, -0.2) is 4.79 Å². The van der Waals surface area contributed by atoms with Crippen LogP contribution in [0.15, 0.2) is 4.52 Å². The summed E-state index contributed by atoms with van der Waals surface area (Å²) >= 11 is 0. The highest BCUT2D eigenvalue weighted by molar-refractivity contribution is 6.01. The van der Waals surface area contributed by atoms with Gasteiger partial charge in [0.2, 0.25) is 11.8 Å².